The molecule has 0 saturated carbocycles. The number of rotatable bonds is 6. The summed E-state index contributed by atoms with van der Waals surface area (Å²) in [5, 5.41) is 0. The highest BCUT2D eigenvalue weighted by molar-refractivity contribution is 5.93. The number of hydrogen-bond donors (Lipinski definition) is 0. The van der Waals surface area contributed by atoms with Crippen LogP contribution in [-0.2, 0) is 38.1 Å². The number of methoxy groups -OCH3 is 1. The van der Waals surface area contributed by atoms with Crippen LogP contribution >= 0.6 is 0 Å². The summed E-state index contributed by atoms with van der Waals surface area (Å²) in [6.45, 7) is 9.98. The number of allylic oxidation sites excluding steroid dienone is 3. The van der Waals surface area contributed by atoms with Crippen molar-refractivity contribution in [1.82, 2.24) is 0 Å². The van der Waals surface area contributed by atoms with Gasteiger partial charge in [0.15, 0.2) is 12.2 Å². The van der Waals surface area contributed by atoms with Crippen LogP contribution in [0.15, 0.2) is 69.6 Å². The maximum absolute atomic E-state index is 13.4. The Balaban J connectivity index is 1.85. The van der Waals surface area contributed by atoms with Crippen molar-refractivity contribution in [2.24, 2.45) is 11.3 Å². The van der Waals surface area contributed by atoms with Crippen molar-refractivity contribution >= 4 is 23.9 Å². The van der Waals surface area contributed by atoms with E-state index in [-0.39, 0.29) is 17.9 Å². The third kappa shape index (κ3) is 5.42. The first-order valence-corrected chi connectivity index (χ1v) is 13.3. The monoisotopic (exact) mass is 552 g/mol. The fourth-order valence-electron chi connectivity index (χ4n) is 6.35. The van der Waals surface area contributed by atoms with E-state index in [0.29, 0.717) is 12.0 Å². The molecule has 2 aliphatic carbocycles. The minimum atomic E-state index is -0.962. The Morgan fingerprint density at radius 1 is 1.12 bits per heavy atom. The van der Waals surface area contributed by atoms with E-state index in [1.165, 1.54) is 21.0 Å². The van der Waals surface area contributed by atoms with E-state index in [4.69, 9.17) is 23.4 Å². The topological polar surface area (TPSA) is 118 Å². The molecule has 0 fully saturated rings. The van der Waals surface area contributed by atoms with Gasteiger partial charge in [0.05, 0.1) is 31.6 Å². The van der Waals surface area contributed by atoms with Crippen LogP contribution in [0.4, 0.5) is 0 Å². The molecule has 1 aromatic heterocycles. The number of fused-ring (bicyclic) bond motifs is 1. The van der Waals surface area contributed by atoms with Gasteiger partial charge in [-0.15, -0.1) is 0 Å². The van der Waals surface area contributed by atoms with Gasteiger partial charge in [-0.25, -0.2) is 4.79 Å². The smallest absolute Gasteiger partial charge is 0.338 e. The molecule has 40 heavy (non-hydrogen) atoms. The molecule has 0 amide bonds. The van der Waals surface area contributed by atoms with Gasteiger partial charge in [0.1, 0.15) is 5.60 Å². The zero-order valence-electron chi connectivity index (χ0n) is 23.9. The van der Waals surface area contributed by atoms with E-state index in [0.717, 1.165) is 16.7 Å². The van der Waals surface area contributed by atoms with E-state index >= 15 is 0 Å². The highest BCUT2D eigenvalue weighted by atomic mass is 16.6. The molecule has 1 aromatic rings. The third-order valence-electron chi connectivity index (χ3n) is 8.22. The molecule has 0 bridgehead atoms. The summed E-state index contributed by atoms with van der Waals surface area (Å²) in [7, 11) is 1.32. The molecular weight excluding hydrogens is 516 g/mol. The van der Waals surface area contributed by atoms with Crippen molar-refractivity contribution in [3.05, 3.63) is 70.8 Å². The highest BCUT2D eigenvalue weighted by Crippen LogP contribution is 2.58. The molecular formula is C31H36O9. The van der Waals surface area contributed by atoms with Gasteiger partial charge in [0, 0.05) is 31.1 Å². The molecule has 4 rings (SSSR count). The van der Waals surface area contributed by atoms with Crippen LogP contribution in [0.3, 0.4) is 0 Å². The van der Waals surface area contributed by atoms with E-state index in [2.05, 4.69) is 6.08 Å². The average Bonchev–Trinajstić information content (AvgIpc) is 3.49. The number of carbonyl (C=O) groups is 4. The molecule has 0 unspecified atom stereocenters. The van der Waals surface area contributed by atoms with Crippen molar-refractivity contribution < 1.29 is 42.5 Å². The number of cyclic esters (lactones) is 1. The zero-order valence-corrected chi connectivity index (χ0v) is 23.9. The Morgan fingerprint density at radius 3 is 2.42 bits per heavy atom. The van der Waals surface area contributed by atoms with E-state index in [1.807, 2.05) is 19.9 Å². The molecule has 1 aliphatic heterocycles. The highest BCUT2D eigenvalue weighted by Gasteiger charge is 2.56. The lowest BCUT2D eigenvalue weighted by atomic mass is 9.63. The Bertz CT molecular complexity index is 1320. The molecule has 0 radical (unpaired) electrons. The average molecular weight is 553 g/mol. The molecule has 9 heteroatoms. The first-order valence-electron chi connectivity index (χ1n) is 13.3. The van der Waals surface area contributed by atoms with Gasteiger partial charge in [-0.05, 0) is 68.2 Å². The lowest BCUT2D eigenvalue weighted by Gasteiger charge is -2.46. The summed E-state index contributed by atoms with van der Waals surface area (Å²) < 4.78 is 27.6. The minimum Gasteiger partial charge on any atom is -0.472 e. The van der Waals surface area contributed by atoms with Crippen LogP contribution in [0.25, 0.3) is 0 Å². The van der Waals surface area contributed by atoms with Crippen molar-refractivity contribution in [2.45, 2.75) is 78.1 Å². The van der Waals surface area contributed by atoms with Crippen molar-refractivity contribution in [2.75, 3.05) is 7.11 Å². The van der Waals surface area contributed by atoms with E-state index in [1.54, 1.807) is 44.6 Å². The standard InChI is InChI=1S/C31H36O9/c1-17-12-22(29(35)40-30(4,5)25(17)15-27(34)36-7)13-21-14-26(38-18(2)32)28(39-19(3)33)31(6)23(8-9-24(21)31)20-10-11-37-16-20/h9-14,16,23,25-26,28H,8,15H2,1-7H3/t23-,25+,26+,28-,31-/m0/s1. The van der Waals surface area contributed by atoms with Gasteiger partial charge in [-0.2, -0.15) is 0 Å². The van der Waals surface area contributed by atoms with E-state index < -0.39 is 53.0 Å². The Kier molecular flexibility index (Phi) is 7.97. The number of furan rings is 1. The molecule has 0 spiro atoms. The quantitative estimate of drug-likeness (QED) is 0.276. The molecule has 3 aliphatic rings. The SMILES string of the molecule is COC(=O)C[C@@H]1C(C)=CC(=CC2=C[C@@H](OC(C)=O)[C@H](OC(C)=O)[C@]3(C)C2=CC[C@H]3c2ccoc2)C(=O)OC1(C)C. The van der Waals surface area contributed by atoms with Crippen molar-refractivity contribution in [3.63, 3.8) is 0 Å². The van der Waals surface area contributed by atoms with Gasteiger partial charge < -0.3 is 23.4 Å². The molecule has 0 saturated heterocycles. The Hall–Kier alpha value is -3.88. The Morgan fingerprint density at radius 2 is 1.82 bits per heavy atom. The zero-order chi connectivity index (χ0) is 29.4. The molecule has 5 atom stereocenters. The lowest BCUT2D eigenvalue weighted by molar-refractivity contribution is -0.171. The predicted octanol–water partition coefficient (Wildman–Crippen LogP) is 4.89. The summed E-state index contributed by atoms with van der Waals surface area (Å²) in [6, 6.07) is 1.87. The first-order chi connectivity index (χ1) is 18.8. The van der Waals surface area contributed by atoms with Crippen LogP contribution < -0.4 is 0 Å². The van der Waals surface area contributed by atoms with Gasteiger partial charge >= 0.3 is 23.9 Å². The lowest BCUT2D eigenvalue weighted by Crippen LogP contribution is -2.50. The van der Waals surface area contributed by atoms with Gasteiger partial charge in [0.25, 0.3) is 0 Å². The molecule has 214 valence electrons. The number of ether oxygens (including phenoxy) is 4. The molecule has 2 heterocycles. The second kappa shape index (κ2) is 10.9. The van der Waals surface area contributed by atoms with Crippen LogP contribution in [0.1, 0.15) is 65.9 Å². The molecule has 0 N–H and O–H groups in total. The maximum atomic E-state index is 13.4. The van der Waals surface area contributed by atoms with E-state index in [9.17, 15) is 19.2 Å². The van der Waals surface area contributed by atoms with Gasteiger partial charge in [0.2, 0.25) is 0 Å². The van der Waals surface area contributed by atoms with Crippen LogP contribution in [0.2, 0.25) is 0 Å². The minimum absolute atomic E-state index is 0.0588. The summed E-state index contributed by atoms with van der Waals surface area (Å²) in [5.41, 5.74) is 1.73. The van der Waals surface area contributed by atoms with Crippen LogP contribution in [0, 0.1) is 11.3 Å². The fraction of sp³-hybridized carbons (Fsp3) is 0.484. The normalized spacial score (nSPS) is 30.2. The van der Waals surface area contributed by atoms with Crippen LogP contribution in [-0.4, -0.2) is 48.8 Å². The summed E-state index contributed by atoms with van der Waals surface area (Å²) >= 11 is 0. The third-order valence-corrected chi connectivity index (χ3v) is 8.22. The number of esters is 4. The fourth-order valence-corrected chi connectivity index (χ4v) is 6.35. The van der Waals surface area contributed by atoms with Crippen molar-refractivity contribution in [3.8, 4) is 0 Å². The molecule has 0 aromatic carbocycles. The summed E-state index contributed by atoms with van der Waals surface area (Å²) in [4.78, 5) is 49.9. The maximum Gasteiger partial charge on any atom is 0.338 e. The van der Waals surface area contributed by atoms with Crippen molar-refractivity contribution in [1.29, 1.82) is 0 Å². The summed E-state index contributed by atoms with van der Waals surface area (Å²) in [5.74, 6) is -2.51. The summed E-state index contributed by atoms with van der Waals surface area (Å²) in [6.07, 6.45) is 9.42. The second-order valence-corrected chi connectivity index (χ2v) is 11.3. The molecule has 9 nitrogen and oxygen atoms in total. The number of hydrogen-bond acceptors (Lipinski definition) is 9. The predicted molar refractivity (Wildman–Crippen MR) is 144 cm³/mol. The first kappa shape index (κ1) is 29.1. The van der Waals surface area contributed by atoms with Gasteiger partial charge in [-0.1, -0.05) is 18.6 Å². The number of carbonyl (C=O) groups excluding carboxylic acids is 4. The second-order valence-electron chi connectivity index (χ2n) is 11.3. The Labute approximate surface area is 233 Å². The van der Waals surface area contributed by atoms with Gasteiger partial charge in [-0.3, -0.25) is 14.4 Å². The van der Waals surface area contributed by atoms with Crippen LogP contribution in [0.5, 0.6) is 0 Å². The largest absolute Gasteiger partial charge is 0.472 e.